The van der Waals surface area contributed by atoms with E-state index in [-0.39, 0.29) is 29.8 Å². The van der Waals surface area contributed by atoms with Crippen molar-refractivity contribution < 1.29 is 14.4 Å². The van der Waals surface area contributed by atoms with E-state index in [1.54, 1.807) is 12.3 Å². The summed E-state index contributed by atoms with van der Waals surface area (Å²) in [6.45, 7) is 2.14. The lowest BCUT2D eigenvalue weighted by molar-refractivity contribution is -0.140. The van der Waals surface area contributed by atoms with Gasteiger partial charge in [-0.15, -0.1) is 0 Å². The standard InChI is InChI=1S/C24H26N4O4/c1-14(16-7-8-16)20(21(30)26-13-15-6-9-19(29)25-12-15)28-22(31)24(27-23(28)32)11-10-17-4-2-3-5-18(17)24/h2-6,9,12,14,16,20H,7-8,10-11,13H2,1H3,(H,25,29)(H,26,30)(H,27,32)/t14-,20?,24-/m0/s1. The number of aryl methyl sites for hydroxylation is 1. The molecule has 1 spiro atoms. The Balaban J connectivity index is 1.42. The lowest BCUT2D eigenvalue weighted by Crippen LogP contribution is -2.54. The van der Waals surface area contributed by atoms with E-state index in [1.165, 1.54) is 6.07 Å². The molecule has 3 aliphatic rings. The van der Waals surface area contributed by atoms with Gasteiger partial charge in [0.1, 0.15) is 11.6 Å². The van der Waals surface area contributed by atoms with E-state index < -0.39 is 17.6 Å². The number of pyridine rings is 1. The predicted molar refractivity (Wildman–Crippen MR) is 116 cm³/mol. The molecule has 1 aromatic carbocycles. The number of rotatable bonds is 6. The van der Waals surface area contributed by atoms with Gasteiger partial charge in [0, 0.05) is 18.8 Å². The number of aromatic amines is 1. The Hall–Kier alpha value is -3.42. The summed E-state index contributed by atoms with van der Waals surface area (Å²) in [5.41, 5.74) is 1.30. The maximum atomic E-state index is 13.7. The van der Waals surface area contributed by atoms with Crippen LogP contribution in [0.25, 0.3) is 0 Å². The lowest BCUT2D eigenvalue weighted by atomic mass is 9.89. The van der Waals surface area contributed by atoms with Gasteiger partial charge in [-0.3, -0.25) is 14.4 Å². The molecule has 0 radical (unpaired) electrons. The van der Waals surface area contributed by atoms with Crippen LogP contribution in [0.15, 0.2) is 47.4 Å². The fourth-order valence-electron chi connectivity index (χ4n) is 5.13. The summed E-state index contributed by atoms with van der Waals surface area (Å²) in [4.78, 5) is 55.2. The second-order valence-electron chi connectivity index (χ2n) is 9.09. The normalized spacial score (nSPS) is 23.7. The second-order valence-corrected chi connectivity index (χ2v) is 9.09. The molecule has 1 aromatic heterocycles. The van der Waals surface area contributed by atoms with Crippen LogP contribution in [-0.2, 0) is 28.1 Å². The molecule has 2 heterocycles. The van der Waals surface area contributed by atoms with Gasteiger partial charge in [-0.25, -0.2) is 9.69 Å². The number of amides is 4. The molecule has 8 heteroatoms. The largest absolute Gasteiger partial charge is 0.350 e. The molecule has 2 aliphatic carbocycles. The van der Waals surface area contributed by atoms with Crippen LogP contribution in [0.2, 0.25) is 0 Å². The molecule has 1 saturated heterocycles. The summed E-state index contributed by atoms with van der Waals surface area (Å²) in [5, 5.41) is 5.80. The predicted octanol–water partition coefficient (Wildman–Crippen LogP) is 1.80. The summed E-state index contributed by atoms with van der Waals surface area (Å²) in [7, 11) is 0. The summed E-state index contributed by atoms with van der Waals surface area (Å²) in [6.07, 6.45) is 4.72. The van der Waals surface area contributed by atoms with E-state index in [4.69, 9.17) is 0 Å². The van der Waals surface area contributed by atoms with E-state index in [2.05, 4.69) is 15.6 Å². The topological polar surface area (TPSA) is 111 Å². The Morgan fingerprint density at radius 2 is 1.97 bits per heavy atom. The molecular formula is C24H26N4O4. The summed E-state index contributed by atoms with van der Waals surface area (Å²) in [5.74, 6) is -0.537. The molecule has 166 valence electrons. The van der Waals surface area contributed by atoms with Gasteiger partial charge in [-0.1, -0.05) is 37.3 Å². The highest BCUT2D eigenvalue weighted by Crippen LogP contribution is 2.45. The van der Waals surface area contributed by atoms with Crippen molar-refractivity contribution in [2.24, 2.45) is 11.8 Å². The van der Waals surface area contributed by atoms with Crippen LogP contribution in [0.4, 0.5) is 4.79 Å². The molecule has 3 atom stereocenters. The van der Waals surface area contributed by atoms with Crippen molar-refractivity contribution in [3.63, 3.8) is 0 Å². The molecule has 32 heavy (non-hydrogen) atoms. The molecule has 4 amide bonds. The lowest BCUT2D eigenvalue weighted by Gasteiger charge is -2.31. The molecule has 1 aliphatic heterocycles. The minimum atomic E-state index is -1.09. The first-order valence-electron chi connectivity index (χ1n) is 11.1. The maximum Gasteiger partial charge on any atom is 0.326 e. The van der Waals surface area contributed by atoms with Gasteiger partial charge in [0.15, 0.2) is 0 Å². The van der Waals surface area contributed by atoms with Gasteiger partial charge in [0.25, 0.3) is 5.91 Å². The zero-order valence-corrected chi connectivity index (χ0v) is 17.9. The number of hydrogen-bond donors (Lipinski definition) is 3. The molecule has 0 bridgehead atoms. The minimum absolute atomic E-state index is 0.146. The third-order valence-corrected chi connectivity index (χ3v) is 7.10. The van der Waals surface area contributed by atoms with E-state index in [1.807, 2.05) is 31.2 Å². The van der Waals surface area contributed by atoms with E-state index in [0.717, 1.165) is 34.4 Å². The summed E-state index contributed by atoms with van der Waals surface area (Å²) < 4.78 is 0. The highest BCUT2D eigenvalue weighted by atomic mass is 16.2. The minimum Gasteiger partial charge on any atom is -0.350 e. The van der Waals surface area contributed by atoms with Crippen LogP contribution in [0, 0.1) is 11.8 Å². The molecule has 8 nitrogen and oxygen atoms in total. The number of nitrogens with one attached hydrogen (secondary N) is 3. The smallest absolute Gasteiger partial charge is 0.326 e. The third-order valence-electron chi connectivity index (χ3n) is 7.10. The molecule has 2 fully saturated rings. The molecule has 1 unspecified atom stereocenters. The first-order chi connectivity index (χ1) is 15.4. The van der Waals surface area contributed by atoms with Gasteiger partial charge >= 0.3 is 6.03 Å². The Morgan fingerprint density at radius 1 is 1.19 bits per heavy atom. The zero-order chi connectivity index (χ0) is 22.5. The van der Waals surface area contributed by atoms with Gasteiger partial charge in [0.05, 0.1) is 0 Å². The van der Waals surface area contributed by atoms with E-state index in [0.29, 0.717) is 18.8 Å². The highest BCUT2D eigenvalue weighted by molar-refractivity contribution is 6.10. The van der Waals surface area contributed by atoms with Crippen molar-refractivity contribution in [2.45, 2.75) is 50.7 Å². The maximum absolute atomic E-state index is 13.7. The van der Waals surface area contributed by atoms with Crippen LogP contribution >= 0.6 is 0 Å². The van der Waals surface area contributed by atoms with Gasteiger partial charge < -0.3 is 15.6 Å². The van der Waals surface area contributed by atoms with Gasteiger partial charge in [0.2, 0.25) is 11.5 Å². The van der Waals surface area contributed by atoms with Gasteiger partial charge in [-0.2, -0.15) is 0 Å². The number of carbonyl (C=O) groups is 3. The van der Waals surface area contributed by atoms with Crippen LogP contribution in [0.3, 0.4) is 0 Å². The third kappa shape index (κ3) is 3.30. The fourth-order valence-corrected chi connectivity index (χ4v) is 5.13. The number of hydrogen-bond acceptors (Lipinski definition) is 4. The van der Waals surface area contributed by atoms with Crippen molar-refractivity contribution in [1.82, 2.24) is 20.5 Å². The van der Waals surface area contributed by atoms with Crippen LogP contribution in [0.1, 0.15) is 42.9 Å². The molecular weight excluding hydrogens is 408 g/mol. The van der Waals surface area contributed by atoms with E-state index in [9.17, 15) is 19.2 Å². The fraction of sp³-hybridized carbons (Fsp3) is 0.417. The van der Waals surface area contributed by atoms with Crippen LogP contribution in [-0.4, -0.2) is 33.8 Å². The van der Waals surface area contributed by atoms with Crippen molar-refractivity contribution in [1.29, 1.82) is 0 Å². The number of fused-ring (bicyclic) bond motifs is 2. The molecule has 3 N–H and O–H groups in total. The monoisotopic (exact) mass is 434 g/mol. The van der Waals surface area contributed by atoms with Gasteiger partial charge in [-0.05, 0) is 54.2 Å². The Kier molecular flexibility index (Phi) is 4.87. The number of nitrogens with zero attached hydrogens (tertiary/aromatic N) is 1. The van der Waals surface area contributed by atoms with Crippen LogP contribution in [0.5, 0.6) is 0 Å². The van der Waals surface area contributed by atoms with Crippen molar-refractivity contribution >= 4 is 17.8 Å². The summed E-state index contributed by atoms with van der Waals surface area (Å²) >= 11 is 0. The Bertz CT molecular complexity index is 1130. The Labute approximate surface area is 185 Å². The second kappa shape index (κ2) is 7.62. The SMILES string of the molecule is C[C@@H](C1CC1)C(C(=O)NCc1ccc(=O)[nH]c1)N1C(=O)N[C@]2(CCc3ccccc32)C1=O. The number of imide groups is 1. The van der Waals surface area contributed by atoms with E-state index >= 15 is 0 Å². The number of H-pyrrole nitrogens is 1. The average Bonchev–Trinajstić information content (AvgIpc) is 3.54. The van der Waals surface area contributed by atoms with Crippen molar-refractivity contribution in [2.75, 3.05) is 0 Å². The number of carbonyl (C=O) groups excluding carboxylic acids is 3. The first kappa shape index (κ1) is 20.5. The quantitative estimate of drug-likeness (QED) is 0.602. The van der Waals surface area contributed by atoms with Crippen molar-refractivity contribution in [3.05, 3.63) is 69.6 Å². The van der Waals surface area contributed by atoms with Crippen molar-refractivity contribution in [3.8, 4) is 0 Å². The Morgan fingerprint density at radius 3 is 2.69 bits per heavy atom. The number of urea groups is 1. The zero-order valence-electron chi connectivity index (χ0n) is 17.9. The number of aromatic nitrogens is 1. The molecule has 1 saturated carbocycles. The highest BCUT2D eigenvalue weighted by Gasteiger charge is 2.59. The summed E-state index contributed by atoms with van der Waals surface area (Å²) in [6, 6.07) is 9.30. The molecule has 2 aromatic rings. The molecule has 5 rings (SSSR count). The average molecular weight is 434 g/mol. The first-order valence-corrected chi connectivity index (χ1v) is 11.1. The van der Waals surface area contributed by atoms with Crippen LogP contribution < -0.4 is 16.2 Å². The number of benzene rings is 1.